The van der Waals surface area contributed by atoms with E-state index >= 15 is 0 Å². The first-order valence-corrected chi connectivity index (χ1v) is 8.15. The Labute approximate surface area is 142 Å². The molecule has 2 aromatic rings. The third-order valence-electron chi connectivity index (χ3n) is 4.23. The van der Waals surface area contributed by atoms with Crippen LogP contribution in [0.3, 0.4) is 0 Å². The summed E-state index contributed by atoms with van der Waals surface area (Å²) in [5.74, 6) is 0.844. The van der Waals surface area contributed by atoms with Gasteiger partial charge in [-0.15, -0.1) is 0 Å². The van der Waals surface area contributed by atoms with Crippen molar-refractivity contribution >= 4 is 5.91 Å². The molecule has 0 radical (unpaired) electrons. The van der Waals surface area contributed by atoms with Crippen molar-refractivity contribution in [1.29, 1.82) is 0 Å². The Morgan fingerprint density at radius 3 is 2.88 bits per heavy atom. The van der Waals surface area contributed by atoms with E-state index in [0.717, 1.165) is 23.3 Å². The maximum atomic E-state index is 13.0. The van der Waals surface area contributed by atoms with Crippen molar-refractivity contribution in [3.05, 3.63) is 59.9 Å². The maximum Gasteiger partial charge on any atom is 0.229 e. The van der Waals surface area contributed by atoms with Crippen molar-refractivity contribution < 1.29 is 14.3 Å². The van der Waals surface area contributed by atoms with Crippen molar-refractivity contribution in [3.63, 3.8) is 0 Å². The fourth-order valence-corrected chi connectivity index (χ4v) is 2.92. The van der Waals surface area contributed by atoms with Gasteiger partial charge < -0.3 is 14.4 Å². The highest BCUT2D eigenvalue weighted by Gasteiger charge is 2.29. The van der Waals surface area contributed by atoms with Crippen LogP contribution in [0.2, 0.25) is 0 Å². The van der Waals surface area contributed by atoms with E-state index < -0.39 is 0 Å². The molecule has 0 N–H and O–H groups in total. The van der Waals surface area contributed by atoms with E-state index in [4.69, 9.17) is 9.47 Å². The van der Waals surface area contributed by atoms with Gasteiger partial charge in [0.1, 0.15) is 12.4 Å². The van der Waals surface area contributed by atoms with Crippen LogP contribution < -0.4 is 4.74 Å². The predicted molar refractivity (Wildman–Crippen MR) is 90.7 cm³/mol. The number of ether oxygens (including phenoxy) is 2. The molecule has 0 fully saturated rings. The van der Waals surface area contributed by atoms with Gasteiger partial charge in [-0.1, -0.05) is 18.2 Å². The van der Waals surface area contributed by atoms with Gasteiger partial charge in [-0.25, -0.2) is 0 Å². The van der Waals surface area contributed by atoms with Crippen molar-refractivity contribution in [2.45, 2.75) is 13.0 Å². The lowest BCUT2D eigenvalue weighted by Gasteiger charge is -2.30. The van der Waals surface area contributed by atoms with E-state index in [1.807, 2.05) is 41.3 Å². The average molecular weight is 326 g/mol. The van der Waals surface area contributed by atoms with E-state index in [0.29, 0.717) is 26.3 Å². The quantitative estimate of drug-likeness (QED) is 0.817. The predicted octanol–water partition coefficient (Wildman–Crippen LogP) is 2.31. The molecular weight excluding hydrogens is 304 g/mol. The van der Waals surface area contributed by atoms with E-state index in [9.17, 15) is 4.79 Å². The molecule has 1 atom stereocenters. The minimum atomic E-state index is -0.154. The van der Waals surface area contributed by atoms with Gasteiger partial charge in [-0.3, -0.25) is 9.78 Å². The summed E-state index contributed by atoms with van der Waals surface area (Å²) in [5, 5.41) is 0. The summed E-state index contributed by atoms with van der Waals surface area (Å²) in [6.45, 7) is 2.06. The molecule has 1 amide bonds. The van der Waals surface area contributed by atoms with Gasteiger partial charge >= 0.3 is 0 Å². The molecule has 2 heterocycles. The minimum Gasteiger partial charge on any atom is -0.492 e. The Kier molecular flexibility index (Phi) is 5.43. The molecule has 0 aliphatic carbocycles. The van der Waals surface area contributed by atoms with Gasteiger partial charge in [0.2, 0.25) is 5.91 Å². The summed E-state index contributed by atoms with van der Waals surface area (Å²) in [6, 6.07) is 11.8. The number of pyridine rings is 1. The smallest absolute Gasteiger partial charge is 0.229 e. The number of amides is 1. The Balaban J connectivity index is 1.71. The van der Waals surface area contributed by atoms with Gasteiger partial charge in [-0.05, 0) is 35.7 Å². The molecule has 0 bridgehead atoms. The molecule has 0 spiro atoms. The lowest BCUT2D eigenvalue weighted by atomic mass is 9.95. The SMILES string of the molecule is COCCN(Cc1ccncc1)C(=O)[C@@H]1COc2ccccc2C1. The maximum absolute atomic E-state index is 13.0. The first kappa shape index (κ1) is 16.5. The molecule has 5 heteroatoms. The zero-order valence-corrected chi connectivity index (χ0v) is 13.9. The molecule has 5 nitrogen and oxygen atoms in total. The molecule has 1 aliphatic rings. The monoisotopic (exact) mass is 326 g/mol. The van der Waals surface area contributed by atoms with Crippen molar-refractivity contribution in [1.82, 2.24) is 9.88 Å². The van der Waals surface area contributed by atoms with Crippen LogP contribution in [0, 0.1) is 5.92 Å². The van der Waals surface area contributed by atoms with Gasteiger partial charge in [0.15, 0.2) is 0 Å². The number of nitrogens with zero attached hydrogens (tertiary/aromatic N) is 2. The number of carbonyl (C=O) groups is 1. The van der Waals surface area contributed by atoms with Crippen LogP contribution in [-0.4, -0.2) is 42.7 Å². The molecule has 1 aromatic carbocycles. The first-order valence-electron chi connectivity index (χ1n) is 8.15. The molecule has 3 rings (SSSR count). The van der Waals surface area contributed by atoms with Crippen molar-refractivity contribution in [2.75, 3.05) is 26.9 Å². The number of para-hydroxylation sites is 1. The van der Waals surface area contributed by atoms with Crippen LogP contribution in [0.15, 0.2) is 48.8 Å². The fraction of sp³-hybridized carbons (Fsp3) is 0.368. The van der Waals surface area contributed by atoms with E-state index in [-0.39, 0.29) is 11.8 Å². The number of rotatable bonds is 6. The summed E-state index contributed by atoms with van der Waals surface area (Å²) >= 11 is 0. The highest BCUT2D eigenvalue weighted by molar-refractivity contribution is 5.79. The highest BCUT2D eigenvalue weighted by Crippen LogP contribution is 2.28. The topological polar surface area (TPSA) is 51.7 Å². The van der Waals surface area contributed by atoms with Gasteiger partial charge in [0.25, 0.3) is 0 Å². The molecule has 1 aliphatic heterocycles. The van der Waals surface area contributed by atoms with Crippen LogP contribution in [-0.2, 0) is 22.5 Å². The lowest BCUT2D eigenvalue weighted by Crippen LogP contribution is -2.42. The summed E-state index contributed by atoms with van der Waals surface area (Å²) < 4.78 is 10.9. The van der Waals surface area contributed by atoms with E-state index in [2.05, 4.69) is 4.98 Å². The summed E-state index contributed by atoms with van der Waals surface area (Å²) in [4.78, 5) is 18.9. The number of carbonyl (C=O) groups excluding carboxylic acids is 1. The zero-order chi connectivity index (χ0) is 16.8. The summed E-state index contributed by atoms with van der Waals surface area (Å²) in [6.07, 6.45) is 4.21. The van der Waals surface area contributed by atoms with Crippen LogP contribution >= 0.6 is 0 Å². The third-order valence-corrected chi connectivity index (χ3v) is 4.23. The van der Waals surface area contributed by atoms with E-state index in [1.165, 1.54) is 0 Å². The first-order chi connectivity index (χ1) is 11.8. The number of fused-ring (bicyclic) bond motifs is 1. The lowest BCUT2D eigenvalue weighted by molar-refractivity contribution is -0.138. The van der Waals surface area contributed by atoms with Crippen molar-refractivity contribution in [2.24, 2.45) is 5.92 Å². The Morgan fingerprint density at radius 2 is 2.08 bits per heavy atom. The Hall–Kier alpha value is -2.40. The van der Waals surface area contributed by atoms with Crippen LogP contribution in [0.1, 0.15) is 11.1 Å². The zero-order valence-electron chi connectivity index (χ0n) is 13.9. The number of aromatic nitrogens is 1. The van der Waals surface area contributed by atoms with E-state index in [1.54, 1.807) is 19.5 Å². The van der Waals surface area contributed by atoms with Gasteiger partial charge in [0.05, 0.1) is 12.5 Å². The number of benzene rings is 1. The van der Waals surface area contributed by atoms with Crippen molar-refractivity contribution in [3.8, 4) is 5.75 Å². The number of hydrogen-bond acceptors (Lipinski definition) is 4. The molecule has 0 unspecified atom stereocenters. The molecule has 0 saturated carbocycles. The Bertz CT molecular complexity index is 675. The standard InChI is InChI=1S/C19H22N2O3/c1-23-11-10-21(13-15-6-8-20-9-7-15)19(22)17-12-16-4-2-3-5-18(16)24-14-17/h2-9,17H,10-14H2,1H3/t17-/m0/s1. The second kappa shape index (κ2) is 7.93. The summed E-state index contributed by atoms with van der Waals surface area (Å²) in [5.41, 5.74) is 2.16. The fourth-order valence-electron chi connectivity index (χ4n) is 2.92. The van der Waals surface area contributed by atoms with Gasteiger partial charge in [0, 0.05) is 32.6 Å². The normalized spacial score (nSPS) is 16.1. The highest BCUT2D eigenvalue weighted by atomic mass is 16.5. The van der Waals surface area contributed by atoms with Gasteiger partial charge in [-0.2, -0.15) is 0 Å². The largest absolute Gasteiger partial charge is 0.492 e. The third kappa shape index (κ3) is 3.92. The Morgan fingerprint density at radius 1 is 1.29 bits per heavy atom. The molecule has 126 valence electrons. The molecule has 24 heavy (non-hydrogen) atoms. The number of hydrogen-bond donors (Lipinski definition) is 0. The second-order valence-corrected chi connectivity index (χ2v) is 5.93. The average Bonchev–Trinajstić information content (AvgIpc) is 2.65. The van der Waals surface area contributed by atoms with Crippen LogP contribution in [0.5, 0.6) is 5.75 Å². The molecule has 0 saturated heterocycles. The summed E-state index contributed by atoms with van der Waals surface area (Å²) in [7, 11) is 1.65. The molecule has 1 aromatic heterocycles. The van der Waals surface area contributed by atoms with Crippen LogP contribution in [0.25, 0.3) is 0 Å². The second-order valence-electron chi connectivity index (χ2n) is 5.93. The molecular formula is C19H22N2O3. The minimum absolute atomic E-state index is 0.110. The van der Waals surface area contributed by atoms with Crippen LogP contribution in [0.4, 0.5) is 0 Å². The number of methoxy groups -OCH3 is 1.